The van der Waals surface area contributed by atoms with Gasteiger partial charge in [0, 0.05) is 10.9 Å². The Balaban J connectivity index is 1.97. The molecule has 0 aliphatic heterocycles. The summed E-state index contributed by atoms with van der Waals surface area (Å²) in [6.45, 7) is 7.46. The normalized spacial score (nSPS) is 13.3. The fourth-order valence-corrected chi connectivity index (χ4v) is 3.04. The number of benzene rings is 1. The average molecular weight is 393 g/mol. The maximum absolute atomic E-state index is 13.0. The number of ether oxygens (including phenoxy) is 1. The van der Waals surface area contributed by atoms with Crippen molar-refractivity contribution in [1.29, 1.82) is 0 Å². The Bertz CT molecular complexity index is 792. The second kappa shape index (κ2) is 9.05. The summed E-state index contributed by atoms with van der Waals surface area (Å²) in [5.41, 5.74) is 0.456. The van der Waals surface area contributed by atoms with Gasteiger partial charge in [0.25, 0.3) is 0 Å². The molecule has 1 atom stereocenters. The molecule has 0 spiro atoms. The molecule has 1 heterocycles. The molecule has 0 bridgehead atoms. The molecule has 0 aliphatic carbocycles. The van der Waals surface area contributed by atoms with E-state index in [1.54, 1.807) is 31.4 Å². The third kappa shape index (κ3) is 5.33. The van der Waals surface area contributed by atoms with Crippen LogP contribution in [0.2, 0.25) is 0 Å². The molecule has 0 radical (unpaired) electrons. The van der Waals surface area contributed by atoms with Crippen LogP contribution in [0.5, 0.6) is 0 Å². The lowest BCUT2D eigenvalue weighted by molar-refractivity contribution is -0.152. The van der Waals surface area contributed by atoms with E-state index in [4.69, 9.17) is 4.74 Å². The molecule has 1 aromatic heterocycles. The molecule has 1 amide bonds. The number of hydrogen-bond acceptors (Lipinski definition) is 6. The Morgan fingerprint density at radius 3 is 2.56 bits per heavy atom. The minimum atomic E-state index is -0.963. The number of halogens is 1. The topological polar surface area (TPSA) is 80.3 Å². The van der Waals surface area contributed by atoms with Gasteiger partial charge in [0.1, 0.15) is 11.4 Å². The number of thiazole rings is 1. The van der Waals surface area contributed by atoms with E-state index in [1.165, 1.54) is 23.5 Å². The monoisotopic (exact) mass is 393 g/mol. The van der Waals surface area contributed by atoms with Gasteiger partial charge in [-0.15, -0.1) is 11.3 Å². The fourth-order valence-electron chi connectivity index (χ4n) is 2.30. The highest BCUT2D eigenvalue weighted by Gasteiger charge is 2.38. The highest BCUT2D eigenvalue weighted by atomic mass is 32.1. The van der Waals surface area contributed by atoms with Crippen molar-refractivity contribution in [2.24, 2.45) is 5.92 Å². The van der Waals surface area contributed by atoms with Gasteiger partial charge in [-0.2, -0.15) is 0 Å². The Morgan fingerprint density at radius 1 is 1.30 bits per heavy atom. The van der Waals surface area contributed by atoms with Crippen molar-refractivity contribution in [2.75, 3.05) is 18.5 Å². The highest BCUT2D eigenvalue weighted by Crippen LogP contribution is 2.25. The number of amides is 1. The molecule has 2 aromatic rings. The molecular weight excluding hydrogens is 369 g/mol. The van der Waals surface area contributed by atoms with Crippen LogP contribution in [0, 0.1) is 11.7 Å². The van der Waals surface area contributed by atoms with Gasteiger partial charge in [0.05, 0.1) is 18.8 Å². The van der Waals surface area contributed by atoms with E-state index < -0.39 is 5.54 Å². The predicted molar refractivity (Wildman–Crippen MR) is 104 cm³/mol. The third-order valence-corrected chi connectivity index (χ3v) is 5.12. The van der Waals surface area contributed by atoms with Crippen LogP contribution in [0.4, 0.5) is 9.52 Å². The molecule has 0 saturated heterocycles. The van der Waals surface area contributed by atoms with Gasteiger partial charge in [-0.05, 0) is 44.0 Å². The number of nitrogens with zero attached hydrogens (tertiary/aromatic N) is 1. The van der Waals surface area contributed by atoms with E-state index in [2.05, 4.69) is 15.6 Å². The Kier molecular flexibility index (Phi) is 7.04. The van der Waals surface area contributed by atoms with Crippen molar-refractivity contribution in [2.45, 2.75) is 33.2 Å². The zero-order valence-corrected chi connectivity index (χ0v) is 16.7. The predicted octanol–water partition coefficient (Wildman–Crippen LogP) is 3.46. The van der Waals surface area contributed by atoms with Gasteiger partial charge in [0.2, 0.25) is 5.91 Å². The van der Waals surface area contributed by atoms with Crippen molar-refractivity contribution in [1.82, 2.24) is 10.3 Å². The second-order valence-corrected chi connectivity index (χ2v) is 7.38. The van der Waals surface area contributed by atoms with E-state index in [0.717, 1.165) is 5.56 Å². The number of aromatic nitrogens is 1. The molecule has 2 N–H and O–H groups in total. The van der Waals surface area contributed by atoms with Crippen molar-refractivity contribution in [3.8, 4) is 11.3 Å². The minimum absolute atomic E-state index is 0.0566. The SMILES string of the molecule is CCOC(=O)[C@](C)(NCC(=O)Nc1nc(-c2ccc(F)cc2)cs1)C(C)C. The standard InChI is InChI=1S/C19H24FN3O3S/c1-5-26-17(25)19(4,12(2)3)21-10-16(24)23-18-22-15(11-27-18)13-6-8-14(20)9-7-13/h6-9,11-12,21H,5,10H2,1-4H3,(H,22,23,24)/t19-/m1/s1. The van der Waals surface area contributed by atoms with Crippen LogP contribution in [0.25, 0.3) is 11.3 Å². The summed E-state index contributed by atoms with van der Waals surface area (Å²) in [5.74, 6) is -1.08. The van der Waals surface area contributed by atoms with Crippen LogP contribution < -0.4 is 10.6 Å². The molecule has 0 unspecified atom stereocenters. The molecule has 0 aliphatic rings. The number of nitrogens with one attached hydrogen (secondary N) is 2. The molecule has 0 fully saturated rings. The van der Waals surface area contributed by atoms with Crippen molar-refractivity contribution < 1.29 is 18.7 Å². The molecule has 27 heavy (non-hydrogen) atoms. The molecule has 2 rings (SSSR count). The quantitative estimate of drug-likeness (QED) is 0.672. The van der Waals surface area contributed by atoms with Crippen LogP contribution in [0.3, 0.4) is 0 Å². The lowest BCUT2D eigenvalue weighted by Crippen LogP contribution is -2.56. The Hall–Kier alpha value is -2.32. The van der Waals surface area contributed by atoms with Crippen LogP contribution in [-0.2, 0) is 14.3 Å². The maximum atomic E-state index is 13.0. The van der Waals surface area contributed by atoms with Crippen LogP contribution in [-0.4, -0.2) is 35.6 Å². The number of carbonyl (C=O) groups is 2. The van der Waals surface area contributed by atoms with Crippen LogP contribution in [0.15, 0.2) is 29.6 Å². The summed E-state index contributed by atoms with van der Waals surface area (Å²) in [6, 6.07) is 5.98. The van der Waals surface area contributed by atoms with Gasteiger partial charge < -0.3 is 10.1 Å². The van der Waals surface area contributed by atoms with Gasteiger partial charge in [-0.1, -0.05) is 13.8 Å². The number of rotatable bonds is 8. The lowest BCUT2D eigenvalue weighted by atomic mass is 9.88. The number of carbonyl (C=O) groups excluding carboxylic acids is 2. The Labute approximate surface area is 162 Å². The lowest BCUT2D eigenvalue weighted by Gasteiger charge is -2.32. The third-order valence-electron chi connectivity index (χ3n) is 4.36. The molecule has 146 valence electrons. The highest BCUT2D eigenvalue weighted by molar-refractivity contribution is 7.14. The second-order valence-electron chi connectivity index (χ2n) is 6.52. The van der Waals surface area contributed by atoms with Gasteiger partial charge >= 0.3 is 5.97 Å². The van der Waals surface area contributed by atoms with E-state index in [9.17, 15) is 14.0 Å². The number of hydrogen-bond donors (Lipinski definition) is 2. The van der Waals surface area contributed by atoms with Crippen molar-refractivity contribution in [3.63, 3.8) is 0 Å². The first kappa shape index (κ1) is 21.0. The zero-order valence-electron chi connectivity index (χ0n) is 15.8. The first-order valence-corrected chi connectivity index (χ1v) is 9.57. The molecule has 6 nitrogen and oxygen atoms in total. The van der Waals surface area contributed by atoms with Crippen molar-refractivity contribution >= 4 is 28.3 Å². The van der Waals surface area contributed by atoms with Crippen molar-refractivity contribution in [3.05, 3.63) is 35.5 Å². The molecule has 0 saturated carbocycles. The summed E-state index contributed by atoms with van der Waals surface area (Å²) in [7, 11) is 0. The fraction of sp³-hybridized carbons (Fsp3) is 0.421. The first-order valence-electron chi connectivity index (χ1n) is 8.69. The summed E-state index contributed by atoms with van der Waals surface area (Å²) in [5, 5.41) is 7.92. The zero-order chi connectivity index (χ0) is 20.0. The average Bonchev–Trinajstić information content (AvgIpc) is 3.08. The van der Waals surface area contributed by atoms with E-state index in [-0.39, 0.29) is 36.8 Å². The Morgan fingerprint density at radius 2 is 1.96 bits per heavy atom. The summed E-state index contributed by atoms with van der Waals surface area (Å²) >= 11 is 1.27. The smallest absolute Gasteiger partial charge is 0.326 e. The van der Waals surface area contributed by atoms with Gasteiger partial charge in [0.15, 0.2) is 5.13 Å². The molecule has 1 aromatic carbocycles. The maximum Gasteiger partial charge on any atom is 0.326 e. The van der Waals surface area contributed by atoms with E-state index in [1.807, 2.05) is 13.8 Å². The van der Waals surface area contributed by atoms with Crippen LogP contribution in [0.1, 0.15) is 27.7 Å². The molecule has 8 heteroatoms. The molecular formula is C19H24FN3O3S. The first-order chi connectivity index (χ1) is 12.8. The summed E-state index contributed by atoms with van der Waals surface area (Å²) in [6.07, 6.45) is 0. The number of anilines is 1. The number of esters is 1. The summed E-state index contributed by atoms with van der Waals surface area (Å²) in [4.78, 5) is 28.8. The van der Waals surface area contributed by atoms with Crippen LogP contribution >= 0.6 is 11.3 Å². The largest absolute Gasteiger partial charge is 0.465 e. The van der Waals surface area contributed by atoms with Gasteiger partial charge in [-0.25, -0.2) is 9.37 Å². The van der Waals surface area contributed by atoms with E-state index >= 15 is 0 Å². The van der Waals surface area contributed by atoms with E-state index in [0.29, 0.717) is 10.8 Å². The summed E-state index contributed by atoms with van der Waals surface area (Å²) < 4.78 is 18.1. The minimum Gasteiger partial charge on any atom is -0.465 e. The van der Waals surface area contributed by atoms with Gasteiger partial charge in [-0.3, -0.25) is 14.9 Å².